The van der Waals surface area contributed by atoms with Gasteiger partial charge >= 0.3 is 18.2 Å². The molecule has 1 atom stereocenters. The van der Waals surface area contributed by atoms with Crippen LogP contribution in [0.4, 0.5) is 31.1 Å². The molecule has 1 aliphatic heterocycles. The highest BCUT2D eigenvalue weighted by molar-refractivity contribution is 5.69. The first-order valence-electron chi connectivity index (χ1n) is 5.29. The van der Waals surface area contributed by atoms with Crippen LogP contribution in [0.15, 0.2) is 18.2 Å². The first kappa shape index (κ1) is 14.5. The zero-order chi connectivity index (χ0) is 15.1. The number of ether oxygens (including phenoxy) is 1. The minimum atomic E-state index is -5.02. The second-order valence-corrected chi connectivity index (χ2v) is 4.12. The fourth-order valence-electron chi connectivity index (χ4n) is 1.81. The lowest BCUT2D eigenvalue weighted by atomic mass is 9.97. The summed E-state index contributed by atoms with van der Waals surface area (Å²) in [7, 11) is 0. The Kier molecular flexibility index (Phi) is 3.31. The van der Waals surface area contributed by atoms with E-state index in [0.717, 1.165) is 12.1 Å². The van der Waals surface area contributed by atoms with Crippen LogP contribution in [-0.4, -0.2) is 18.6 Å². The molecular formula is C11H7F6NO2. The Morgan fingerprint density at radius 1 is 1.30 bits per heavy atom. The summed E-state index contributed by atoms with van der Waals surface area (Å²) in [4.78, 5) is 10.9. The second-order valence-electron chi connectivity index (χ2n) is 4.12. The van der Waals surface area contributed by atoms with E-state index in [1.165, 1.54) is 0 Å². The van der Waals surface area contributed by atoms with E-state index in [4.69, 9.17) is 0 Å². The van der Waals surface area contributed by atoms with Crippen molar-refractivity contribution in [1.29, 1.82) is 0 Å². The largest absolute Gasteiger partial charge is 0.443 e. The minimum Gasteiger partial charge on any atom is -0.443 e. The van der Waals surface area contributed by atoms with Gasteiger partial charge in [0, 0.05) is 5.56 Å². The van der Waals surface area contributed by atoms with Gasteiger partial charge in [-0.1, -0.05) is 12.1 Å². The van der Waals surface area contributed by atoms with Gasteiger partial charge in [-0.2, -0.15) is 13.2 Å². The van der Waals surface area contributed by atoms with Gasteiger partial charge in [-0.25, -0.2) is 18.0 Å². The maximum absolute atomic E-state index is 13.8. The smallest absolute Gasteiger partial charge is 0.419 e. The van der Waals surface area contributed by atoms with Gasteiger partial charge < -0.3 is 10.1 Å². The highest BCUT2D eigenvalue weighted by Crippen LogP contribution is 2.39. The maximum Gasteiger partial charge on any atom is 0.419 e. The molecule has 1 amide bonds. The van der Waals surface area contributed by atoms with Crippen LogP contribution in [-0.2, 0) is 10.9 Å². The van der Waals surface area contributed by atoms with Crippen molar-refractivity contribution < 1.29 is 35.9 Å². The average molecular weight is 299 g/mol. The van der Waals surface area contributed by atoms with Crippen LogP contribution in [0.1, 0.15) is 17.2 Å². The Labute approximate surface area is 108 Å². The molecule has 3 nitrogen and oxygen atoms in total. The van der Waals surface area contributed by atoms with Gasteiger partial charge in [-0.15, -0.1) is 0 Å². The zero-order valence-electron chi connectivity index (χ0n) is 9.60. The summed E-state index contributed by atoms with van der Waals surface area (Å²) >= 11 is 0. The Morgan fingerprint density at radius 3 is 2.55 bits per heavy atom. The van der Waals surface area contributed by atoms with Gasteiger partial charge in [0.25, 0.3) is 0 Å². The lowest BCUT2D eigenvalue weighted by molar-refractivity contribution is -0.140. The lowest BCUT2D eigenvalue weighted by Crippen LogP contribution is -2.50. The predicted molar refractivity (Wildman–Crippen MR) is 53.6 cm³/mol. The van der Waals surface area contributed by atoms with E-state index in [0.29, 0.717) is 6.07 Å². The van der Waals surface area contributed by atoms with Crippen LogP contribution in [0.25, 0.3) is 0 Å². The van der Waals surface area contributed by atoms with Gasteiger partial charge in [0.1, 0.15) is 11.9 Å². The highest BCUT2D eigenvalue weighted by atomic mass is 19.4. The minimum absolute atomic E-state index is 0.429. The molecule has 0 radical (unpaired) electrons. The summed E-state index contributed by atoms with van der Waals surface area (Å²) in [5.41, 5.74) is -2.62. The Hall–Kier alpha value is -1.93. The Morgan fingerprint density at radius 2 is 1.95 bits per heavy atom. The first-order chi connectivity index (χ1) is 9.13. The molecule has 0 aliphatic carbocycles. The summed E-state index contributed by atoms with van der Waals surface area (Å²) in [5, 5.41) is 1.62. The maximum atomic E-state index is 13.8. The monoisotopic (exact) mass is 299 g/mol. The lowest BCUT2D eigenvalue weighted by Gasteiger charge is -2.32. The normalized spacial score (nSPS) is 22.1. The third kappa shape index (κ3) is 2.52. The van der Waals surface area contributed by atoms with Gasteiger partial charge in [0.15, 0.2) is 6.61 Å². The number of hydrogen-bond donors (Lipinski definition) is 1. The molecule has 0 unspecified atom stereocenters. The topological polar surface area (TPSA) is 38.3 Å². The third-order valence-corrected chi connectivity index (χ3v) is 2.73. The van der Waals surface area contributed by atoms with Crippen molar-refractivity contribution in [2.24, 2.45) is 0 Å². The van der Waals surface area contributed by atoms with Gasteiger partial charge in [-0.3, -0.25) is 0 Å². The summed E-state index contributed by atoms with van der Waals surface area (Å²) in [6.07, 6.45) is -6.28. The van der Waals surface area contributed by atoms with E-state index in [2.05, 4.69) is 4.74 Å². The van der Waals surface area contributed by atoms with Crippen LogP contribution in [0.5, 0.6) is 0 Å². The highest BCUT2D eigenvalue weighted by Gasteiger charge is 2.49. The number of benzene rings is 1. The number of cyclic esters (lactones) is 1. The fourth-order valence-corrected chi connectivity index (χ4v) is 1.81. The number of halogens is 6. The molecule has 1 aromatic rings. The van der Waals surface area contributed by atoms with Crippen molar-refractivity contribution in [3.8, 4) is 0 Å². The van der Waals surface area contributed by atoms with Crippen LogP contribution in [0.2, 0.25) is 0 Å². The molecule has 1 heterocycles. The summed E-state index contributed by atoms with van der Waals surface area (Å²) < 4.78 is 82.5. The number of hydrogen-bond acceptors (Lipinski definition) is 2. The fraction of sp³-hybridized carbons (Fsp3) is 0.364. The van der Waals surface area contributed by atoms with Crippen molar-refractivity contribution in [3.05, 3.63) is 35.1 Å². The summed E-state index contributed by atoms with van der Waals surface area (Å²) in [6, 6.07) is -0.239. The van der Waals surface area contributed by atoms with E-state index in [-0.39, 0.29) is 0 Å². The Bertz CT molecular complexity index is 542. The molecule has 110 valence electrons. The molecule has 1 saturated heterocycles. The standard InChI is InChI=1S/C11H7F6NO2/c12-7-5(2-1-3-6(7)11(15,16)17)8-10(13,14)4-20-9(19)18-8/h1-3,8H,4H2,(H,18,19)/t8-/m0/s1. The van der Waals surface area contributed by atoms with E-state index in [1.54, 1.807) is 5.32 Å². The number of nitrogens with one attached hydrogen (secondary N) is 1. The van der Waals surface area contributed by atoms with Gasteiger partial charge in [-0.05, 0) is 6.07 Å². The summed E-state index contributed by atoms with van der Waals surface area (Å²) in [5.74, 6) is -5.56. The molecule has 20 heavy (non-hydrogen) atoms. The number of alkyl carbamates (subject to hydrolysis) is 1. The quantitative estimate of drug-likeness (QED) is 0.808. The SMILES string of the molecule is O=C1N[C@@H](c2cccc(C(F)(F)F)c2F)C(F)(F)CO1. The third-order valence-electron chi connectivity index (χ3n) is 2.73. The van der Waals surface area contributed by atoms with E-state index < -0.39 is 47.8 Å². The molecule has 0 bridgehead atoms. The molecule has 2 rings (SSSR count). The molecule has 0 spiro atoms. The van der Waals surface area contributed by atoms with Crippen molar-refractivity contribution in [2.75, 3.05) is 6.61 Å². The molecule has 1 aromatic carbocycles. The van der Waals surface area contributed by atoms with E-state index in [9.17, 15) is 31.1 Å². The zero-order valence-corrected chi connectivity index (χ0v) is 9.60. The molecule has 0 saturated carbocycles. The van der Waals surface area contributed by atoms with E-state index in [1.807, 2.05) is 0 Å². The van der Waals surface area contributed by atoms with Crippen molar-refractivity contribution >= 4 is 6.09 Å². The van der Waals surface area contributed by atoms with Gasteiger partial charge in [0.05, 0.1) is 5.56 Å². The molecular weight excluding hydrogens is 292 g/mol. The van der Waals surface area contributed by atoms with Gasteiger partial charge in [0.2, 0.25) is 0 Å². The molecule has 1 aliphatic rings. The van der Waals surface area contributed by atoms with Crippen LogP contribution in [0, 0.1) is 5.82 Å². The number of carbonyl (C=O) groups is 1. The molecule has 9 heteroatoms. The molecule has 1 fully saturated rings. The predicted octanol–water partition coefficient (Wildman–Crippen LogP) is 3.26. The Balaban J connectivity index is 2.49. The van der Waals surface area contributed by atoms with E-state index >= 15 is 0 Å². The summed E-state index contributed by atoms with van der Waals surface area (Å²) in [6.45, 7) is -1.33. The second kappa shape index (κ2) is 4.57. The number of alkyl halides is 5. The molecule has 0 aromatic heterocycles. The van der Waals surface area contributed by atoms with Crippen molar-refractivity contribution in [1.82, 2.24) is 5.32 Å². The van der Waals surface area contributed by atoms with Crippen LogP contribution >= 0.6 is 0 Å². The average Bonchev–Trinajstić information content (AvgIpc) is 2.31. The number of carbonyl (C=O) groups excluding carboxylic acids is 1. The van der Waals surface area contributed by atoms with Crippen molar-refractivity contribution in [2.45, 2.75) is 18.1 Å². The van der Waals surface area contributed by atoms with Crippen LogP contribution < -0.4 is 5.32 Å². The number of amides is 1. The van der Waals surface area contributed by atoms with Crippen molar-refractivity contribution in [3.63, 3.8) is 0 Å². The van der Waals surface area contributed by atoms with Crippen LogP contribution in [0.3, 0.4) is 0 Å². The first-order valence-corrected chi connectivity index (χ1v) is 5.29. The molecule has 1 N–H and O–H groups in total. The number of rotatable bonds is 1.